The van der Waals surface area contributed by atoms with Gasteiger partial charge in [0.05, 0.1) is 12.6 Å². The van der Waals surface area contributed by atoms with E-state index in [-0.39, 0.29) is 24.3 Å². The Kier molecular flexibility index (Phi) is 6.27. The monoisotopic (exact) mass is 440 g/mol. The number of urea groups is 1. The molecule has 0 saturated carbocycles. The van der Waals surface area contributed by atoms with Gasteiger partial charge in [-0.15, -0.1) is 0 Å². The summed E-state index contributed by atoms with van der Waals surface area (Å²) in [6.45, 7) is 2.15. The van der Waals surface area contributed by atoms with Crippen molar-refractivity contribution in [3.63, 3.8) is 0 Å². The van der Waals surface area contributed by atoms with Gasteiger partial charge in [-0.25, -0.2) is 4.79 Å². The second kappa shape index (κ2) is 9.09. The number of halogens is 1. The number of ether oxygens (including phenoxy) is 1. The van der Waals surface area contributed by atoms with Gasteiger partial charge >= 0.3 is 6.03 Å². The molecule has 0 fully saturated rings. The van der Waals surface area contributed by atoms with Crippen molar-refractivity contribution in [2.75, 3.05) is 37.9 Å². The molecule has 2 heterocycles. The van der Waals surface area contributed by atoms with Crippen molar-refractivity contribution in [1.29, 1.82) is 0 Å². The van der Waals surface area contributed by atoms with Crippen molar-refractivity contribution < 1.29 is 14.3 Å². The fourth-order valence-electron chi connectivity index (χ4n) is 3.82. The van der Waals surface area contributed by atoms with E-state index in [0.717, 1.165) is 19.5 Å². The van der Waals surface area contributed by atoms with E-state index in [4.69, 9.17) is 16.3 Å². The summed E-state index contributed by atoms with van der Waals surface area (Å²) in [5.74, 6) is -0.348. The van der Waals surface area contributed by atoms with E-state index >= 15 is 0 Å². The molecule has 31 heavy (non-hydrogen) atoms. The van der Waals surface area contributed by atoms with Crippen LogP contribution < -0.4 is 10.6 Å². The van der Waals surface area contributed by atoms with Crippen LogP contribution >= 0.6 is 11.6 Å². The van der Waals surface area contributed by atoms with Gasteiger partial charge in [-0.05, 0) is 67.1 Å². The van der Waals surface area contributed by atoms with Crippen LogP contribution in [0.25, 0.3) is 0 Å². The van der Waals surface area contributed by atoms with Gasteiger partial charge in [0.1, 0.15) is 5.70 Å². The molecular weight excluding hydrogens is 416 g/mol. The Labute approximate surface area is 186 Å². The van der Waals surface area contributed by atoms with Crippen LogP contribution in [0.1, 0.15) is 11.1 Å². The number of rotatable bonds is 4. The number of amides is 3. The SMILES string of the molecule is CO[C@@H]1C=C(C(=O)Nc2ccc3c(c2)CCN(C)C3)N(C(=O)Nc2ccc(Cl)cc2)C1. The summed E-state index contributed by atoms with van der Waals surface area (Å²) < 4.78 is 5.37. The number of likely N-dealkylation sites (N-methyl/N-ethyl adjacent to an activating group) is 1. The topological polar surface area (TPSA) is 73.9 Å². The van der Waals surface area contributed by atoms with Crippen LogP contribution in [0.4, 0.5) is 16.2 Å². The minimum atomic E-state index is -0.406. The van der Waals surface area contributed by atoms with Crippen molar-refractivity contribution in [1.82, 2.24) is 9.80 Å². The van der Waals surface area contributed by atoms with Crippen molar-refractivity contribution >= 4 is 34.9 Å². The third-order valence-electron chi connectivity index (χ3n) is 5.54. The Morgan fingerprint density at radius 2 is 1.81 bits per heavy atom. The van der Waals surface area contributed by atoms with Gasteiger partial charge in [0.25, 0.3) is 5.91 Å². The standard InChI is InChI=1S/C23H25ClN4O3/c1-27-10-9-15-11-19(6-3-16(15)13-27)25-22(29)21-12-20(31-2)14-28(21)23(30)26-18-7-4-17(24)5-8-18/h3-8,11-12,20H,9-10,13-14H2,1-2H3,(H,25,29)(H,26,30)/t20-/m1/s1. The smallest absolute Gasteiger partial charge is 0.326 e. The van der Waals surface area contributed by atoms with Crippen molar-refractivity contribution in [3.8, 4) is 0 Å². The highest BCUT2D eigenvalue weighted by Crippen LogP contribution is 2.25. The lowest BCUT2D eigenvalue weighted by atomic mass is 9.99. The molecule has 0 aliphatic carbocycles. The van der Waals surface area contributed by atoms with Gasteiger partial charge < -0.3 is 20.3 Å². The highest BCUT2D eigenvalue weighted by molar-refractivity contribution is 6.30. The lowest BCUT2D eigenvalue weighted by Crippen LogP contribution is -2.38. The summed E-state index contributed by atoms with van der Waals surface area (Å²) in [5.41, 5.74) is 4.08. The number of carbonyl (C=O) groups is 2. The van der Waals surface area contributed by atoms with Gasteiger partial charge in [0.2, 0.25) is 0 Å². The number of nitrogens with zero attached hydrogens (tertiary/aromatic N) is 2. The molecule has 3 amide bonds. The molecular formula is C23H25ClN4O3. The van der Waals surface area contributed by atoms with E-state index in [0.29, 0.717) is 16.4 Å². The summed E-state index contributed by atoms with van der Waals surface area (Å²) in [4.78, 5) is 29.5. The third kappa shape index (κ3) is 4.90. The first kappa shape index (κ1) is 21.4. The van der Waals surface area contributed by atoms with E-state index in [9.17, 15) is 9.59 Å². The van der Waals surface area contributed by atoms with Gasteiger partial charge in [-0.2, -0.15) is 0 Å². The molecule has 2 aromatic carbocycles. The van der Waals surface area contributed by atoms with Gasteiger partial charge in [-0.1, -0.05) is 17.7 Å². The van der Waals surface area contributed by atoms with Crippen LogP contribution in [0, 0.1) is 0 Å². The Balaban J connectivity index is 1.48. The lowest BCUT2D eigenvalue weighted by molar-refractivity contribution is -0.113. The molecule has 2 aliphatic rings. The minimum absolute atomic E-state index is 0.259. The molecule has 4 rings (SSSR count). The average molecular weight is 441 g/mol. The Morgan fingerprint density at radius 1 is 1.06 bits per heavy atom. The molecule has 0 saturated heterocycles. The molecule has 0 unspecified atom stereocenters. The first-order valence-corrected chi connectivity index (χ1v) is 10.5. The largest absolute Gasteiger partial charge is 0.375 e. The highest BCUT2D eigenvalue weighted by Gasteiger charge is 2.32. The third-order valence-corrected chi connectivity index (χ3v) is 5.79. The summed E-state index contributed by atoms with van der Waals surface area (Å²) in [6.07, 6.45) is 2.26. The van der Waals surface area contributed by atoms with Crippen molar-refractivity contribution in [2.45, 2.75) is 19.1 Å². The van der Waals surface area contributed by atoms with E-state index in [1.807, 2.05) is 18.2 Å². The van der Waals surface area contributed by atoms with Gasteiger partial charge in [0.15, 0.2) is 0 Å². The summed E-state index contributed by atoms with van der Waals surface area (Å²) >= 11 is 5.90. The quantitative estimate of drug-likeness (QED) is 0.760. The zero-order chi connectivity index (χ0) is 22.0. The molecule has 2 aromatic rings. The number of methoxy groups -OCH3 is 1. The highest BCUT2D eigenvalue weighted by atomic mass is 35.5. The number of anilines is 2. The van der Waals surface area contributed by atoms with E-state index < -0.39 is 6.03 Å². The normalized spacial score (nSPS) is 18.4. The first-order valence-electron chi connectivity index (χ1n) is 10.1. The molecule has 0 bridgehead atoms. The number of benzene rings is 2. The molecule has 0 spiro atoms. The molecule has 1 atom stereocenters. The predicted octanol–water partition coefficient (Wildman–Crippen LogP) is 3.71. The number of hydrogen-bond acceptors (Lipinski definition) is 4. The maximum absolute atomic E-state index is 13.0. The second-order valence-electron chi connectivity index (χ2n) is 7.80. The maximum atomic E-state index is 13.0. The van der Waals surface area contributed by atoms with E-state index in [1.54, 1.807) is 37.5 Å². The molecule has 162 valence electrons. The molecule has 8 heteroatoms. The summed E-state index contributed by atoms with van der Waals surface area (Å²) in [5, 5.41) is 6.31. The molecule has 2 aliphatic heterocycles. The van der Waals surface area contributed by atoms with Crippen LogP contribution in [0.2, 0.25) is 5.02 Å². The number of carbonyl (C=O) groups excluding carboxylic acids is 2. The fraction of sp³-hybridized carbons (Fsp3) is 0.304. The average Bonchev–Trinajstić information content (AvgIpc) is 3.20. The van der Waals surface area contributed by atoms with Crippen LogP contribution in [0.15, 0.2) is 54.2 Å². The van der Waals surface area contributed by atoms with Crippen LogP contribution in [-0.4, -0.2) is 55.1 Å². The Hall–Kier alpha value is -2.87. The maximum Gasteiger partial charge on any atom is 0.326 e. The zero-order valence-electron chi connectivity index (χ0n) is 17.5. The van der Waals surface area contributed by atoms with Gasteiger partial charge in [-0.3, -0.25) is 9.69 Å². The number of hydrogen-bond donors (Lipinski definition) is 2. The fourth-order valence-corrected chi connectivity index (χ4v) is 3.95. The van der Waals surface area contributed by atoms with Crippen LogP contribution in [0.5, 0.6) is 0 Å². The van der Waals surface area contributed by atoms with Crippen LogP contribution in [0.3, 0.4) is 0 Å². The molecule has 0 aromatic heterocycles. The lowest BCUT2D eigenvalue weighted by Gasteiger charge is -2.25. The second-order valence-corrected chi connectivity index (χ2v) is 8.24. The van der Waals surface area contributed by atoms with Gasteiger partial charge in [0, 0.05) is 36.6 Å². The molecule has 0 radical (unpaired) electrons. The zero-order valence-corrected chi connectivity index (χ0v) is 18.3. The van der Waals surface area contributed by atoms with Crippen LogP contribution in [-0.2, 0) is 22.5 Å². The Bertz CT molecular complexity index is 1020. The predicted molar refractivity (Wildman–Crippen MR) is 121 cm³/mol. The van der Waals surface area contributed by atoms with Crippen molar-refractivity contribution in [2.24, 2.45) is 0 Å². The number of fused-ring (bicyclic) bond motifs is 1. The van der Waals surface area contributed by atoms with E-state index in [2.05, 4.69) is 22.6 Å². The first-order chi connectivity index (χ1) is 14.9. The minimum Gasteiger partial charge on any atom is -0.375 e. The summed E-state index contributed by atoms with van der Waals surface area (Å²) in [6, 6.07) is 12.4. The Morgan fingerprint density at radius 3 is 2.55 bits per heavy atom. The van der Waals surface area contributed by atoms with Crippen molar-refractivity contribution in [3.05, 3.63) is 70.4 Å². The molecule has 7 nitrogen and oxygen atoms in total. The van der Waals surface area contributed by atoms with E-state index in [1.165, 1.54) is 16.0 Å². The number of nitrogens with one attached hydrogen (secondary N) is 2. The molecule has 2 N–H and O–H groups in total. The summed E-state index contributed by atoms with van der Waals surface area (Å²) in [7, 11) is 3.65.